The fourth-order valence-corrected chi connectivity index (χ4v) is 3.37. The third-order valence-electron chi connectivity index (χ3n) is 3.29. The number of aryl methyl sites for hydroxylation is 1. The molecule has 0 radical (unpaired) electrons. The summed E-state index contributed by atoms with van der Waals surface area (Å²) >= 11 is 5.10. The van der Waals surface area contributed by atoms with Gasteiger partial charge >= 0.3 is 0 Å². The average Bonchev–Trinajstić information content (AvgIpc) is 3.08. The number of nitriles is 1. The highest BCUT2D eigenvalue weighted by molar-refractivity contribution is 9.10. The first kappa shape index (κ1) is 11.9. The maximum absolute atomic E-state index is 9.23. The van der Waals surface area contributed by atoms with Gasteiger partial charge in [-0.05, 0) is 31.9 Å². The molecule has 1 heterocycles. The summed E-state index contributed by atoms with van der Waals surface area (Å²) in [6.45, 7) is 2.08. The lowest BCUT2D eigenvalue weighted by Crippen LogP contribution is -2.01. The van der Waals surface area contributed by atoms with E-state index in [4.69, 9.17) is 4.98 Å². The highest BCUT2D eigenvalue weighted by Gasteiger charge is 2.48. The fraction of sp³-hybridized carbons (Fsp3) is 0.286. The van der Waals surface area contributed by atoms with Crippen molar-refractivity contribution in [2.24, 2.45) is 0 Å². The molecular formula is C14H11BrN2S. The van der Waals surface area contributed by atoms with Gasteiger partial charge in [-0.3, -0.25) is 0 Å². The number of nitrogens with zero attached hydrogens (tertiary/aromatic N) is 2. The number of thiazole rings is 1. The number of rotatable bonds is 2. The van der Waals surface area contributed by atoms with Crippen LogP contribution >= 0.6 is 27.3 Å². The Bertz CT molecular complexity index is 633. The molecule has 0 spiro atoms. The van der Waals surface area contributed by atoms with Crippen LogP contribution < -0.4 is 0 Å². The molecule has 1 fully saturated rings. The molecule has 90 valence electrons. The molecule has 2 aromatic rings. The van der Waals surface area contributed by atoms with Gasteiger partial charge in [0.05, 0.1) is 11.8 Å². The van der Waals surface area contributed by atoms with E-state index in [9.17, 15) is 5.26 Å². The summed E-state index contributed by atoms with van der Waals surface area (Å²) in [6, 6.07) is 10.6. The van der Waals surface area contributed by atoms with E-state index in [1.165, 1.54) is 4.88 Å². The number of halogens is 1. The van der Waals surface area contributed by atoms with Crippen molar-refractivity contribution < 1.29 is 0 Å². The highest BCUT2D eigenvalue weighted by Crippen LogP contribution is 2.50. The lowest BCUT2D eigenvalue weighted by Gasteiger charge is -1.99. The zero-order valence-corrected chi connectivity index (χ0v) is 12.3. The van der Waals surface area contributed by atoms with Gasteiger partial charge in [0.15, 0.2) is 0 Å². The average molecular weight is 319 g/mol. The van der Waals surface area contributed by atoms with E-state index in [2.05, 4.69) is 41.1 Å². The molecule has 0 saturated heterocycles. The van der Waals surface area contributed by atoms with Crippen molar-refractivity contribution in [3.8, 4) is 17.3 Å². The van der Waals surface area contributed by atoms with E-state index in [0.717, 1.165) is 33.6 Å². The van der Waals surface area contributed by atoms with E-state index >= 15 is 0 Å². The van der Waals surface area contributed by atoms with E-state index < -0.39 is 0 Å². The standard InChI is InChI=1S/C14H11BrN2S/c1-9-12(10-2-4-11(15)5-3-10)17-13(18-9)14(8-16)6-7-14/h2-5H,6-7H2,1H3. The molecule has 0 unspecified atom stereocenters. The van der Waals surface area contributed by atoms with Gasteiger partial charge in [-0.2, -0.15) is 5.26 Å². The molecule has 1 aliphatic carbocycles. The second-order valence-electron chi connectivity index (χ2n) is 4.62. The summed E-state index contributed by atoms with van der Waals surface area (Å²) in [6.07, 6.45) is 1.91. The van der Waals surface area contributed by atoms with Crippen molar-refractivity contribution in [2.75, 3.05) is 0 Å². The smallest absolute Gasteiger partial charge is 0.114 e. The van der Waals surface area contributed by atoms with Crippen LogP contribution in [-0.4, -0.2) is 4.98 Å². The number of aromatic nitrogens is 1. The molecule has 3 rings (SSSR count). The number of hydrogen-bond donors (Lipinski definition) is 0. The Morgan fingerprint density at radius 1 is 1.33 bits per heavy atom. The molecule has 4 heteroatoms. The molecule has 1 aromatic carbocycles. The molecule has 0 aliphatic heterocycles. The van der Waals surface area contributed by atoms with Crippen LogP contribution in [0.4, 0.5) is 0 Å². The zero-order chi connectivity index (χ0) is 12.8. The van der Waals surface area contributed by atoms with Crippen LogP contribution in [0.5, 0.6) is 0 Å². The highest BCUT2D eigenvalue weighted by atomic mass is 79.9. The van der Waals surface area contributed by atoms with Crippen LogP contribution in [0.1, 0.15) is 22.7 Å². The van der Waals surface area contributed by atoms with Crippen LogP contribution in [0.15, 0.2) is 28.7 Å². The van der Waals surface area contributed by atoms with Crippen LogP contribution in [0.2, 0.25) is 0 Å². The lowest BCUT2D eigenvalue weighted by atomic mass is 10.1. The minimum Gasteiger partial charge on any atom is -0.239 e. The summed E-state index contributed by atoms with van der Waals surface area (Å²) in [7, 11) is 0. The van der Waals surface area contributed by atoms with Gasteiger partial charge in [0.2, 0.25) is 0 Å². The van der Waals surface area contributed by atoms with Crippen molar-refractivity contribution in [1.82, 2.24) is 4.98 Å². The van der Waals surface area contributed by atoms with E-state index in [0.29, 0.717) is 0 Å². The molecule has 18 heavy (non-hydrogen) atoms. The Morgan fingerprint density at radius 2 is 2.00 bits per heavy atom. The molecule has 2 nitrogen and oxygen atoms in total. The van der Waals surface area contributed by atoms with Crippen LogP contribution in [0.3, 0.4) is 0 Å². The Hall–Kier alpha value is -1.18. The van der Waals surface area contributed by atoms with E-state index in [-0.39, 0.29) is 5.41 Å². The van der Waals surface area contributed by atoms with Crippen molar-refractivity contribution in [3.05, 3.63) is 38.6 Å². The lowest BCUT2D eigenvalue weighted by molar-refractivity contribution is 0.891. The molecule has 1 aliphatic rings. The molecule has 0 atom stereocenters. The molecule has 0 amide bonds. The van der Waals surface area contributed by atoms with Gasteiger partial charge in [-0.1, -0.05) is 28.1 Å². The summed E-state index contributed by atoms with van der Waals surface area (Å²) in [5, 5.41) is 10.2. The summed E-state index contributed by atoms with van der Waals surface area (Å²) < 4.78 is 1.06. The zero-order valence-electron chi connectivity index (χ0n) is 9.90. The van der Waals surface area contributed by atoms with Crippen LogP contribution in [0.25, 0.3) is 11.3 Å². The molecule has 1 aromatic heterocycles. The predicted octanol–water partition coefficient (Wildman–Crippen LogP) is 4.44. The Labute approximate surface area is 118 Å². The minimum absolute atomic E-state index is 0.275. The summed E-state index contributed by atoms with van der Waals surface area (Å²) in [5.74, 6) is 0. The van der Waals surface area contributed by atoms with Gasteiger partial charge < -0.3 is 0 Å². The molecule has 1 saturated carbocycles. The Morgan fingerprint density at radius 3 is 2.56 bits per heavy atom. The largest absolute Gasteiger partial charge is 0.239 e. The summed E-state index contributed by atoms with van der Waals surface area (Å²) in [4.78, 5) is 5.88. The second kappa shape index (κ2) is 4.18. The van der Waals surface area contributed by atoms with Crippen LogP contribution in [-0.2, 0) is 5.41 Å². The van der Waals surface area contributed by atoms with Crippen molar-refractivity contribution >= 4 is 27.3 Å². The third-order valence-corrected chi connectivity index (χ3v) is 4.99. The Balaban J connectivity index is 2.04. The maximum atomic E-state index is 9.23. The summed E-state index contributed by atoms with van der Waals surface area (Å²) in [5.41, 5.74) is 1.86. The molecular weight excluding hydrogens is 308 g/mol. The second-order valence-corrected chi connectivity index (χ2v) is 6.74. The molecule has 0 bridgehead atoms. The van der Waals surface area contributed by atoms with Gasteiger partial charge in [-0.15, -0.1) is 11.3 Å². The van der Waals surface area contributed by atoms with Crippen molar-refractivity contribution in [3.63, 3.8) is 0 Å². The normalized spacial score (nSPS) is 16.3. The van der Waals surface area contributed by atoms with Gasteiger partial charge in [-0.25, -0.2) is 4.98 Å². The van der Waals surface area contributed by atoms with Gasteiger partial charge in [0.25, 0.3) is 0 Å². The van der Waals surface area contributed by atoms with Gasteiger partial charge in [0, 0.05) is 14.9 Å². The van der Waals surface area contributed by atoms with E-state index in [1.54, 1.807) is 11.3 Å². The first-order valence-corrected chi connectivity index (χ1v) is 7.41. The van der Waals surface area contributed by atoms with Crippen molar-refractivity contribution in [2.45, 2.75) is 25.2 Å². The monoisotopic (exact) mass is 318 g/mol. The Kier molecular flexibility index (Phi) is 2.76. The minimum atomic E-state index is -0.275. The first-order valence-electron chi connectivity index (χ1n) is 5.80. The molecule has 0 N–H and O–H groups in total. The van der Waals surface area contributed by atoms with Crippen LogP contribution in [0, 0.1) is 18.3 Å². The maximum Gasteiger partial charge on any atom is 0.114 e. The topological polar surface area (TPSA) is 36.7 Å². The predicted molar refractivity (Wildman–Crippen MR) is 76.5 cm³/mol. The van der Waals surface area contributed by atoms with Crippen molar-refractivity contribution in [1.29, 1.82) is 5.26 Å². The SMILES string of the molecule is Cc1sc(C2(C#N)CC2)nc1-c1ccc(Br)cc1. The van der Waals surface area contributed by atoms with Gasteiger partial charge in [0.1, 0.15) is 10.4 Å². The number of hydrogen-bond acceptors (Lipinski definition) is 3. The fourth-order valence-electron chi connectivity index (χ4n) is 1.98. The number of benzene rings is 1. The first-order chi connectivity index (χ1) is 8.64. The third kappa shape index (κ3) is 1.88. The quantitative estimate of drug-likeness (QED) is 0.821. The van der Waals surface area contributed by atoms with E-state index in [1.807, 2.05) is 12.1 Å².